The molecule has 2 heterocycles. The zero-order valence-electron chi connectivity index (χ0n) is 25.0. The third kappa shape index (κ3) is 7.14. The predicted octanol–water partition coefficient (Wildman–Crippen LogP) is 11.9. The van der Waals surface area contributed by atoms with Crippen LogP contribution in [0.3, 0.4) is 0 Å². The second-order valence-corrected chi connectivity index (χ2v) is 15.9. The van der Waals surface area contributed by atoms with Crippen LogP contribution in [0.1, 0.15) is 11.1 Å². The zero-order valence-corrected chi connectivity index (χ0v) is 31.9. The van der Waals surface area contributed by atoms with Crippen LogP contribution in [0.15, 0.2) is 130 Å². The van der Waals surface area contributed by atoms with Crippen LogP contribution < -0.4 is 5.46 Å². The maximum atomic E-state index is 8.76. The van der Waals surface area contributed by atoms with E-state index in [-0.39, 0.29) is 0 Å². The first-order valence-corrected chi connectivity index (χ1v) is 18.9. The Morgan fingerprint density at radius 1 is 0.543 bits per heavy atom. The molecule has 8 rings (SSSR count). The molecular weight excluding hydrogens is 850 g/mol. The Labute approximate surface area is 307 Å². The Hall–Kier alpha value is -2.57. The molecule has 0 atom stereocenters. The fourth-order valence-corrected chi connectivity index (χ4v) is 9.32. The smallest absolute Gasteiger partial charge is 0.423 e. The first-order chi connectivity index (χ1) is 22.2. The highest BCUT2D eigenvalue weighted by Crippen LogP contribution is 2.41. The molecule has 2 nitrogen and oxygen atoms in total. The molecule has 8 aromatic rings. The molecule has 0 aliphatic carbocycles. The molecule has 0 bridgehead atoms. The minimum absolute atomic E-state index is 0.572. The van der Waals surface area contributed by atoms with Gasteiger partial charge in [0.15, 0.2) is 0 Å². The van der Waals surface area contributed by atoms with Crippen molar-refractivity contribution in [3.8, 4) is 11.1 Å². The summed E-state index contributed by atoms with van der Waals surface area (Å²) in [4.78, 5) is 0. The van der Waals surface area contributed by atoms with Crippen LogP contribution in [0.25, 0.3) is 51.5 Å². The van der Waals surface area contributed by atoms with Gasteiger partial charge in [-0.2, -0.15) is 0 Å². The van der Waals surface area contributed by atoms with Crippen LogP contribution in [0.2, 0.25) is 0 Å². The number of hydrogen-bond acceptors (Lipinski definition) is 4. The lowest BCUT2D eigenvalue weighted by Gasteiger charge is -2.06. The lowest BCUT2D eigenvalue weighted by Crippen LogP contribution is -2.31. The molecule has 0 amide bonds. The van der Waals surface area contributed by atoms with Crippen molar-refractivity contribution in [1.82, 2.24) is 0 Å². The second kappa shape index (κ2) is 14.7. The van der Waals surface area contributed by atoms with E-state index >= 15 is 0 Å². The number of aryl methyl sites for hydroxylation is 2. The number of benzene rings is 6. The molecule has 0 saturated heterocycles. The lowest BCUT2D eigenvalue weighted by molar-refractivity contribution is 0.425. The van der Waals surface area contributed by atoms with Crippen LogP contribution in [-0.2, 0) is 0 Å². The highest BCUT2D eigenvalue weighted by atomic mass is 127. The Kier molecular flexibility index (Phi) is 10.6. The molecule has 0 spiro atoms. The van der Waals surface area contributed by atoms with E-state index in [0.29, 0.717) is 5.46 Å². The molecule has 8 heteroatoms. The molecule has 2 aromatic heterocycles. The maximum absolute atomic E-state index is 8.76. The molecule has 0 saturated carbocycles. The number of halogens is 3. The first-order valence-electron chi connectivity index (χ1n) is 14.6. The summed E-state index contributed by atoms with van der Waals surface area (Å²) in [7, 11) is -1.35. The summed E-state index contributed by atoms with van der Waals surface area (Å²) in [5.41, 5.74) is 5.46. The van der Waals surface area contributed by atoms with Gasteiger partial charge in [0.2, 0.25) is 0 Å². The molecule has 0 radical (unpaired) electrons. The van der Waals surface area contributed by atoms with Gasteiger partial charge < -0.3 is 10.0 Å². The van der Waals surface area contributed by atoms with Gasteiger partial charge in [0.05, 0.1) is 0 Å². The Morgan fingerprint density at radius 2 is 1.07 bits per heavy atom. The van der Waals surface area contributed by atoms with Gasteiger partial charge in [0, 0.05) is 52.9 Å². The van der Waals surface area contributed by atoms with Crippen LogP contribution >= 0.6 is 77.1 Å². The van der Waals surface area contributed by atoms with Gasteiger partial charge in [-0.1, -0.05) is 116 Å². The number of hydrogen-bond donors (Lipinski definition) is 2. The molecule has 6 aromatic carbocycles. The second-order valence-electron chi connectivity index (χ2n) is 10.8. The van der Waals surface area contributed by atoms with E-state index < -0.39 is 7.12 Å². The average molecular weight is 878 g/mol. The molecule has 0 aliphatic rings. The summed E-state index contributed by atoms with van der Waals surface area (Å²) in [5.74, 6) is 0. The number of rotatable bonds is 2. The Balaban J connectivity index is 0.000000130. The SMILES string of the molecule is Brc1ccc2sc3c(I)cccc3c2c1.Cc1ccccc1-c1cccc2c1sc1ccc(Br)cc12.Cc1ccccc1B(O)O. The van der Waals surface area contributed by atoms with Crippen molar-refractivity contribution >= 4 is 130 Å². The van der Waals surface area contributed by atoms with Gasteiger partial charge in [-0.25, -0.2) is 0 Å². The largest absolute Gasteiger partial charge is 0.488 e. The van der Waals surface area contributed by atoms with Crippen LogP contribution in [0.4, 0.5) is 0 Å². The lowest BCUT2D eigenvalue weighted by atomic mass is 9.77. The molecule has 46 heavy (non-hydrogen) atoms. The van der Waals surface area contributed by atoms with Crippen LogP contribution in [-0.4, -0.2) is 17.2 Å². The number of thiophene rings is 2. The molecule has 2 N–H and O–H groups in total. The van der Waals surface area contributed by atoms with Crippen molar-refractivity contribution in [2.75, 3.05) is 0 Å². The van der Waals surface area contributed by atoms with Crippen LogP contribution in [0, 0.1) is 17.4 Å². The fraction of sp³-hybridized carbons (Fsp3) is 0.0526. The van der Waals surface area contributed by atoms with Gasteiger partial charge in [-0.15, -0.1) is 22.7 Å². The van der Waals surface area contributed by atoms with Crippen LogP contribution in [0.5, 0.6) is 0 Å². The van der Waals surface area contributed by atoms with E-state index in [0.717, 1.165) is 14.5 Å². The molecule has 228 valence electrons. The molecule has 0 aliphatic heterocycles. The summed E-state index contributed by atoms with van der Waals surface area (Å²) in [5, 5.41) is 22.9. The van der Waals surface area contributed by atoms with E-state index in [1.165, 1.54) is 60.6 Å². The third-order valence-corrected chi connectivity index (χ3v) is 12.5. The average Bonchev–Trinajstić information content (AvgIpc) is 3.61. The standard InChI is InChI=1S/C19H13BrS.C12H6BrIS.C7H9BO2/c1-12-5-2-3-6-14(12)15-7-4-8-16-17-11-13(20)9-10-18(17)21-19(15)16;13-7-4-5-11-9(6-7)8-2-1-3-10(14)12(8)15-11;1-6-4-2-3-5-7(6)8(9)10/h2-11H,1H3;1-6H;2-5,9-10H,1H3. The minimum Gasteiger partial charge on any atom is -0.423 e. The quantitative estimate of drug-likeness (QED) is 0.134. The first kappa shape index (κ1) is 33.3. The van der Waals surface area contributed by atoms with Gasteiger partial charge in [-0.05, 0) is 101 Å². The maximum Gasteiger partial charge on any atom is 0.488 e. The van der Waals surface area contributed by atoms with Crippen molar-refractivity contribution < 1.29 is 10.0 Å². The monoisotopic (exact) mass is 876 g/mol. The molecule has 0 unspecified atom stereocenters. The van der Waals surface area contributed by atoms with Crippen molar-refractivity contribution in [3.63, 3.8) is 0 Å². The highest BCUT2D eigenvalue weighted by Gasteiger charge is 2.13. The zero-order chi connectivity index (χ0) is 32.4. The van der Waals surface area contributed by atoms with E-state index in [4.69, 9.17) is 10.0 Å². The van der Waals surface area contributed by atoms with Crippen molar-refractivity contribution in [2.45, 2.75) is 13.8 Å². The van der Waals surface area contributed by atoms with E-state index in [2.05, 4.69) is 158 Å². The topological polar surface area (TPSA) is 40.5 Å². The van der Waals surface area contributed by atoms with Crippen molar-refractivity contribution in [1.29, 1.82) is 0 Å². The van der Waals surface area contributed by atoms with E-state index in [1.54, 1.807) is 12.1 Å². The summed E-state index contributed by atoms with van der Waals surface area (Å²) in [6, 6.07) is 41.9. The summed E-state index contributed by atoms with van der Waals surface area (Å²) >= 11 is 13.3. The highest BCUT2D eigenvalue weighted by molar-refractivity contribution is 14.1. The van der Waals surface area contributed by atoms with Gasteiger partial charge in [0.25, 0.3) is 0 Å². The van der Waals surface area contributed by atoms with Crippen molar-refractivity contribution in [3.05, 3.63) is 145 Å². The fourth-order valence-electron chi connectivity index (χ4n) is 5.47. The van der Waals surface area contributed by atoms with Gasteiger partial charge in [-0.3, -0.25) is 0 Å². The van der Waals surface area contributed by atoms with Gasteiger partial charge in [0.1, 0.15) is 0 Å². The predicted molar refractivity (Wildman–Crippen MR) is 218 cm³/mol. The number of fused-ring (bicyclic) bond motifs is 6. The Bertz CT molecular complexity index is 2330. The third-order valence-electron chi connectivity index (χ3n) is 7.77. The van der Waals surface area contributed by atoms with Crippen molar-refractivity contribution in [2.24, 2.45) is 0 Å². The summed E-state index contributed by atoms with van der Waals surface area (Å²) in [6.07, 6.45) is 0. The van der Waals surface area contributed by atoms with E-state index in [1.807, 2.05) is 41.7 Å². The Morgan fingerprint density at radius 3 is 1.65 bits per heavy atom. The summed E-state index contributed by atoms with van der Waals surface area (Å²) < 4.78 is 9.09. The normalized spacial score (nSPS) is 10.9. The van der Waals surface area contributed by atoms with E-state index in [9.17, 15) is 0 Å². The summed E-state index contributed by atoms with van der Waals surface area (Å²) in [6.45, 7) is 4.02. The molecular formula is C38H28BBr2IO2S2. The molecule has 0 fully saturated rings. The van der Waals surface area contributed by atoms with Gasteiger partial charge >= 0.3 is 7.12 Å². The minimum atomic E-state index is -1.35.